The monoisotopic (exact) mass is 289 g/mol. The molecule has 106 valence electrons. The van der Waals surface area contributed by atoms with Gasteiger partial charge in [0, 0.05) is 11.9 Å². The Morgan fingerprint density at radius 3 is 2.73 bits per heavy atom. The first-order chi connectivity index (χ1) is 10.7. The topological polar surface area (TPSA) is 113 Å². The lowest BCUT2D eigenvalue weighted by Crippen LogP contribution is -2.05. The fourth-order valence-electron chi connectivity index (χ4n) is 1.85. The van der Waals surface area contributed by atoms with E-state index >= 15 is 0 Å². The van der Waals surface area contributed by atoms with Gasteiger partial charge in [0.1, 0.15) is 5.69 Å². The van der Waals surface area contributed by atoms with E-state index in [4.69, 9.17) is 11.0 Å². The highest BCUT2D eigenvalue weighted by Crippen LogP contribution is 2.18. The van der Waals surface area contributed by atoms with Crippen LogP contribution in [0.1, 0.15) is 5.56 Å². The van der Waals surface area contributed by atoms with Crippen molar-refractivity contribution in [3.8, 4) is 17.6 Å². The van der Waals surface area contributed by atoms with E-state index in [0.717, 1.165) is 0 Å². The Morgan fingerprint density at radius 1 is 1.05 bits per heavy atom. The minimum Gasteiger partial charge on any atom is -0.368 e. The molecule has 0 aliphatic heterocycles. The van der Waals surface area contributed by atoms with E-state index in [2.05, 4.69) is 31.3 Å². The van der Waals surface area contributed by atoms with Crippen molar-refractivity contribution in [1.29, 1.82) is 5.26 Å². The second-order valence-corrected chi connectivity index (χ2v) is 4.37. The SMILES string of the molecule is N#Cc1cccc(Nc2nc(N)nc(-c3ccccn3)n2)c1. The van der Waals surface area contributed by atoms with Gasteiger partial charge in [0.15, 0.2) is 5.82 Å². The van der Waals surface area contributed by atoms with Crippen molar-refractivity contribution in [2.24, 2.45) is 0 Å². The van der Waals surface area contributed by atoms with E-state index in [9.17, 15) is 0 Å². The molecule has 3 aromatic rings. The second-order valence-electron chi connectivity index (χ2n) is 4.37. The number of rotatable bonds is 3. The summed E-state index contributed by atoms with van der Waals surface area (Å²) in [6, 6.07) is 14.5. The molecule has 2 aromatic heterocycles. The molecule has 0 saturated carbocycles. The number of nitrogen functional groups attached to an aromatic ring is 1. The van der Waals surface area contributed by atoms with Gasteiger partial charge in [-0.2, -0.15) is 20.2 Å². The molecule has 0 saturated heterocycles. The van der Waals surface area contributed by atoms with Crippen LogP contribution in [0.15, 0.2) is 48.7 Å². The predicted molar refractivity (Wildman–Crippen MR) is 81.9 cm³/mol. The number of nitriles is 1. The average molecular weight is 289 g/mol. The minimum absolute atomic E-state index is 0.0922. The Balaban J connectivity index is 1.94. The zero-order valence-electron chi connectivity index (χ0n) is 11.4. The first-order valence-electron chi connectivity index (χ1n) is 6.45. The Bertz CT molecular complexity index is 840. The lowest BCUT2D eigenvalue weighted by Gasteiger charge is -2.07. The van der Waals surface area contributed by atoms with Crippen LogP contribution in [-0.4, -0.2) is 19.9 Å². The fourth-order valence-corrected chi connectivity index (χ4v) is 1.85. The second kappa shape index (κ2) is 5.85. The molecule has 0 spiro atoms. The van der Waals surface area contributed by atoms with E-state index in [0.29, 0.717) is 28.7 Å². The van der Waals surface area contributed by atoms with Gasteiger partial charge in [0.05, 0.1) is 11.6 Å². The van der Waals surface area contributed by atoms with Crippen LogP contribution in [0.2, 0.25) is 0 Å². The van der Waals surface area contributed by atoms with Gasteiger partial charge in [-0.05, 0) is 30.3 Å². The maximum atomic E-state index is 8.92. The number of aromatic nitrogens is 4. The molecule has 0 aliphatic rings. The quantitative estimate of drug-likeness (QED) is 0.759. The Hall–Kier alpha value is -3.53. The van der Waals surface area contributed by atoms with Crippen LogP contribution in [0.25, 0.3) is 11.5 Å². The van der Waals surface area contributed by atoms with Crippen molar-refractivity contribution in [2.75, 3.05) is 11.1 Å². The van der Waals surface area contributed by atoms with Gasteiger partial charge in [-0.3, -0.25) is 4.98 Å². The molecule has 3 rings (SSSR count). The molecule has 0 amide bonds. The van der Waals surface area contributed by atoms with Gasteiger partial charge < -0.3 is 11.1 Å². The van der Waals surface area contributed by atoms with Crippen molar-refractivity contribution in [3.63, 3.8) is 0 Å². The largest absolute Gasteiger partial charge is 0.368 e. The van der Waals surface area contributed by atoms with Crippen LogP contribution in [0.3, 0.4) is 0 Å². The smallest absolute Gasteiger partial charge is 0.232 e. The lowest BCUT2D eigenvalue weighted by molar-refractivity contribution is 1.06. The summed E-state index contributed by atoms with van der Waals surface area (Å²) < 4.78 is 0. The van der Waals surface area contributed by atoms with Crippen molar-refractivity contribution in [1.82, 2.24) is 19.9 Å². The van der Waals surface area contributed by atoms with Gasteiger partial charge in [-0.25, -0.2) is 0 Å². The van der Waals surface area contributed by atoms with Gasteiger partial charge in [0.25, 0.3) is 0 Å². The molecule has 0 fully saturated rings. The molecule has 0 bridgehead atoms. The van der Waals surface area contributed by atoms with E-state index < -0.39 is 0 Å². The van der Waals surface area contributed by atoms with Gasteiger partial charge in [-0.15, -0.1) is 0 Å². The first-order valence-corrected chi connectivity index (χ1v) is 6.45. The van der Waals surface area contributed by atoms with Crippen LogP contribution in [0.5, 0.6) is 0 Å². The molecule has 0 aliphatic carbocycles. The summed E-state index contributed by atoms with van der Waals surface area (Å²) >= 11 is 0. The Labute approximate surface area is 126 Å². The molecule has 3 N–H and O–H groups in total. The molecule has 0 atom stereocenters. The minimum atomic E-state index is 0.0922. The number of benzene rings is 1. The molecule has 7 nitrogen and oxygen atoms in total. The van der Waals surface area contributed by atoms with E-state index in [1.165, 1.54) is 0 Å². The summed E-state index contributed by atoms with van der Waals surface area (Å²) in [4.78, 5) is 16.6. The first kappa shape index (κ1) is 13.5. The zero-order valence-corrected chi connectivity index (χ0v) is 11.4. The molecule has 1 aromatic carbocycles. The number of pyridine rings is 1. The van der Waals surface area contributed by atoms with Crippen LogP contribution in [-0.2, 0) is 0 Å². The average Bonchev–Trinajstić information content (AvgIpc) is 2.55. The van der Waals surface area contributed by atoms with Crippen molar-refractivity contribution in [2.45, 2.75) is 0 Å². The van der Waals surface area contributed by atoms with Crippen LogP contribution < -0.4 is 11.1 Å². The van der Waals surface area contributed by atoms with E-state index in [1.807, 2.05) is 6.07 Å². The third kappa shape index (κ3) is 2.96. The number of nitrogens with zero attached hydrogens (tertiary/aromatic N) is 5. The van der Waals surface area contributed by atoms with Crippen molar-refractivity contribution >= 4 is 17.6 Å². The Morgan fingerprint density at radius 2 is 1.95 bits per heavy atom. The van der Waals surface area contributed by atoms with Crippen molar-refractivity contribution < 1.29 is 0 Å². The van der Waals surface area contributed by atoms with Crippen molar-refractivity contribution in [3.05, 3.63) is 54.2 Å². The summed E-state index contributed by atoms with van der Waals surface area (Å²) in [7, 11) is 0. The van der Waals surface area contributed by atoms with Crippen LogP contribution in [0.4, 0.5) is 17.6 Å². The number of hydrogen-bond acceptors (Lipinski definition) is 7. The highest BCUT2D eigenvalue weighted by molar-refractivity contribution is 5.59. The maximum absolute atomic E-state index is 8.92. The molecule has 0 radical (unpaired) electrons. The van der Waals surface area contributed by atoms with E-state index in [-0.39, 0.29) is 5.95 Å². The molecular weight excluding hydrogens is 278 g/mol. The molecule has 0 unspecified atom stereocenters. The molecule has 2 heterocycles. The molecule has 22 heavy (non-hydrogen) atoms. The summed E-state index contributed by atoms with van der Waals surface area (Å²) in [6.45, 7) is 0. The molecular formula is C15H11N7. The zero-order chi connectivity index (χ0) is 15.4. The highest BCUT2D eigenvalue weighted by Gasteiger charge is 2.08. The number of nitrogens with one attached hydrogen (secondary N) is 1. The van der Waals surface area contributed by atoms with Crippen LogP contribution >= 0.6 is 0 Å². The summed E-state index contributed by atoms with van der Waals surface area (Å²) in [6.07, 6.45) is 1.65. The number of nitrogens with two attached hydrogens (primary N) is 1. The highest BCUT2D eigenvalue weighted by atomic mass is 15.2. The van der Waals surface area contributed by atoms with Gasteiger partial charge >= 0.3 is 0 Å². The van der Waals surface area contributed by atoms with Gasteiger partial charge in [-0.1, -0.05) is 12.1 Å². The standard InChI is InChI=1S/C15H11N7/c16-9-10-4-3-5-11(8-10)19-15-21-13(20-14(17)22-15)12-6-1-2-7-18-12/h1-8H,(H3,17,19,20,21,22). The lowest BCUT2D eigenvalue weighted by atomic mass is 10.2. The summed E-state index contributed by atoms with van der Waals surface area (Å²) in [5, 5.41) is 11.9. The Kier molecular flexibility index (Phi) is 3.58. The normalized spacial score (nSPS) is 9.95. The third-order valence-corrected chi connectivity index (χ3v) is 2.79. The molecule has 7 heteroatoms. The number of hydrogen-bond donors (Lipinski definition) is 2. The van der Waals surface area contributed by atoms with Gasteiger partial charge in [0.2, 0.25) is 11.9 Å². The number of anilines is 3. The summed E-state index contributed by atoms with van der Waals surface area (Å²) in [5.41, 5.74) is 7.56. The van der Waals surface area contributed by atoms with Crippen LogP contribution in [0, 0.1) is 11.3 Å². The maximum Gasteiger partial charge on any atom is 0.232 e. The summed E-state index contributed by atoms with van der Waals surface area (Å²) in [5.74, 6) is 0.768. The fraction of sp³-hybridized carbons (Fsp3) is 0. The predicted octanol–water partition coefficient (Wildman–Crippen LogP) is 2.13. The van der Waals surface area contributed by atoms with E-state index in [1.54, 1.807) is 42.6 Å². The third-order valence-electron chi connectivity index (χ3n) is 2.79.